The van der Waals surface area contributed by atoms with Gasteiger partial charge in [0, 0.05) is 12.0 Å². The molecule has 2 fully saturated rings. The number of hydrogen-bond acceptors (Lipinski definition) is 3. The Balaban J connectivity index is 1.67. The van der Waals surface area contributed by atoms with Crippen molar-refractivity contribution >= 4 is 5.91 Å². The summed E-state index contributed by atoms with van der Waals surface area (Å²) in [4.78, 5) is 12.1. The van der Waals surface area contributed by atoms with Gasteiger partial charge in [0.1, 0.15) is 0 Å². The van der Waals surface area contributed by atoms with Gasteiger partial charge in [-0.1, -0.05) is 13.3 Å². The molecule has 4 heteroatoms. The third-order valence-electron chi connectivity index (χ3n) is 4.18. The molecule has 3 N–H and O–H groups in total. The Morgan fingerprint density at radius 3 is 2.72 bits per heavy atom. The molecule has 2 bridgehead atoms. The average molecular weight is 254 g/mol. The van der Waals surface area contributed by atoms with Crippen LogP contribution in [0.15, 0.2) is 0 Å². The standard InChI is InChI=1S/C14H26N2O2/c1-9(4-3-5-10(2)15)14(17)16-12-8-11-6-7-13(12)18-11/h9-13H,3-8,15H2,1-2H3,(H,16,17). The molecule has 18 heavy (non-hydrogen) atoms. The molecule has 5 atom stereocenters. The molecular weight excluding hydrogens is 228 g/mol. The first-order valence-electron chi connectivity index (χ1n) is 7.27. The second-order valence-corrected chi connectivity index (χ2v) is 6.03. The predicted molar refractivity (Wildman–Crippen MR) is 71.1 cm³/mol. The highest BCUT2D eigenvalue weighted by molar-refractivity contribution is 5.78. The number of nitrogens with two attached hydrogens (primary N) is 1. The van der Waals surface area contributed by atoms with Crippen LogP contribution in [0.5, 0.6) is 0 Å². The van der Waals surface area contributed by atoms with Crippen LogP contribution in [0.4, 0.5) is 0 Å². The van der Waals surface area contributed by atoms with Crippen molar-refractivity contribution in [2.75, 3.05) is 0 Å². The van der Waals surface area contributed by atoms with Crippen molar-refractivity contribution in [1.82, 2.24) is 5.32 Å². The molecule has 1 amide bonds. The van der Waals surface area contributed by atoms with Crippen molar-refractivity contribution < 1.29 is 9.53 Å². The van der Waals surface area contributed by atoms with Crippen molar-refractivity contribution in [2.45, 2.75) is 76.7 Å². The van der Waals surface area contributed by atoms with Crippen LogP contribution in [-0.2, 0) is 9.53 Å². The normalized spacial score (nSPS) is 33.4. The van der Waals surface area contributed by atoms with Gasteiger partial charge in [-0.15, -0.1) is 0 Å². The van der Waals surface area contributed by atoms with Crippen molar-refractivity contribution in [3.05, 3.63) is 0 Å². The van der Waals surface area contributed by atoms with Gasteiger partial charge in [0.05, 0.1) is 18.2 Å². The molecule has 2 aliphatic rings. The molecule has 104 valence electrons. The van der Waals surface area contributed by atoms with E-state index in [1.807, 2.05) is 13.8 Å². The molecule has 0 radical (unpaired) electrons. The number of nitrogens with one attached hydrogen (secondary N) is 1. The lowest BCUT2D eigenvalue weighted by molar-refractivity contribution is -0.125. The zero-order chi connectivity index (χ0) is 13.1. The SMILES string of the molecule is CC(N)CCCC(C)C(=O)NC1CC2CCC1O2. The van der Waals surface area contributed by atoms with Gasteiger partial charge < -0.3 is 15.8 Å². The van der Waals surface area contributed by atoms with E-state index in [9.17, 15) is 4.79 Å². The summed E-state index contributed by atoms with van der Waals surface area (Å²) in [5.41, 5.74) is 5.71. The molecular formula is C14H26N2O2. The highest BCUT2D eigenvalue weighted by Gasteiger charge is 2.41. The number of carbonyl (C=O) groups excluding carboxylic acids is 1. The van der Waals surface area contributed by atoms with Gasteiger partial charge in [-0.25, -0.2) is 0 Å². The van der Waals surface area contributed by atoms with E-state index >= 15 is 0 Å². The van der Waals surface area contributed by atoms with Crippen LogP contribution in [0, 0.1) is 5.92 Å². The smallest absolute Gasteiger partial charge is 0.223 e. The van der Waals surface area contributed by atoms with Crippen LogP contribution < -0.4 is 11.1 Å². The lowest BCUT2D eigenvalue weighted by Crippen LogP contribution is -2.43. The minimum atomic E-state index is 0.0860. The third kappa shape index (κ3) is 3.45. The molecule has 0 spiro atoms. The number of hydrogen-bond donors (Lipinski definition) is 2. The largest absolute Gasteiger partial charge is 0.373 e. The summed E-state index contributed by atoms with van der Waals surface area (Å²) in [6, 6.07) is 0.492. The summed E-state index contributed by atoms with van der Waals surface area (Å²) < 4.78 is 5.75. The van der Waals surface area contributed by atoms with Gasteiger partial charge in [-0.2, -0.15) is 0 Å². The van der Waals surface area contributed by atoms with E-state index in [4.69, 9.17) is 10.5 Å². The van der Waals surface area contributed by atoms with E-state index in [0.717, 1.165) is 32.1 Å². The minimum absolute atomic E-state index is 0.0860. The Kier molecular flexibility index (Phi) is 4.62. The maximum atomic E-state index is 12.1. The first-order valence-corrected chi connectivity index (χ1v) is 7.27. The third-order valence-corrected chi connectivity index (χ3v) is 4.18. The summed E-state index contributed by atoms with van der Waals surface area (Å²) in [6.07, 6.45) is 6.89. The Morgan fingerprint density at radius 2 is 2.17 bits per heavy atom. The van der Waals surface area contributed by atoms with Gasteiger partial charge in [0.15, 0.2) is 0 Å². The minimum Gasteiger partial charge on any atom is -0.373 e. The quantitative estimate of drug-likeness (QED) is 0.756. The van der Waals surface area contributed by atoms with E-state index in [2.05, 4.69) is 5.32 Å². The molecule has 4 nitrogen and oxygen atoms in total. The summed E-state index contributed by atoms with van der Waals surface area (Å²) in [7, 11) is 0. The topological polar surface area (TPSA) is 64.4 Å². The zero-order valence-electron chi connectivity index (χ0n) is 11.5. The number of amides is 1. The Hall–Kier alpha value is -0.610. The molecule has 2 saturated heterocycles. The van der Waals surface area contributed by atoms with Crippen LogP contribution in [-0.4, -0.2) is 30.2 Å². The van der Waals surface area contributed by atoms with Crippen molar-refractivity contribution in [3.63, 3.8) is 0 Å². The fraction of sp³-hybridized carbons (Fsp3) is 0.929. The van der Waals surface area contributed by atoms with E-state index in [0.29, 0.717) is 6.10 Å². The summed E-state index contributed by atoms with van der Waals surface area (Å²) in [5, 5.41) is 3.15. The van der Waals surface area contributed by atoms with Gasteiger partial charge in [0.25, 0.3) is 0 Å². The molecule has 0 aliphatic carbocycles. The molecule has 2 rings (SSSR count). The molecule has 2 aliphatic heterocycles. The van der Waals surface area contributed by atoms with Crippen LogP contribution in [0.2, 0.25) is 0 Å². The van der Waals surface area contributed by atoms with Gasteiger partial charge >= 0.3 is 0 Å². The number of fused-ring (bicyclic) bond motifs is 2. The lowest BCUT2D eigenvalue weighted by atomic mass is 9.94. The predicted octanol–water partition coefficient (Wildman–Crippen LogP) is 1.58. The van der Waals surface area contributed by atoms with Crippen LogP contribution in [0.25, 0.3) is 0 Å². The van der Waals surface area contributed by atoms with E-state index in [1.54, 1.807) is 0 Å². The Labute approximate surface area is 110 Å². The fourth-order valence-corrected chi connectivity index (χ4v) is 2.99. The average Bonchev–Trinajstić information content (AvgIpc) is 2.90. The van der Waals surface area contributed by atoms with Crippen molar-refractivity contribution in [2.24, 2.45) is 11.7 Å². The maximum Gasteiger partial charge on any atom is 0.223 e. The molecule has 0 aromatic heterocycles. The van der Waals surface area contributed by atoms with Crippen LogP contribution in [0.1, 0.15) is 52.4 Å². The lowest BCUT2D eigenvalue weighted by Gasteiger charge is -2.22. The number of carbonyl (C=O) groups is 1. The van der Waals surface area contributed by atoms with E-state index in [1.165, 1.54) is 6.42 Å². The van der Waals surface area contributed by atoms with Crippen LogP contribution in [0.3, 0.4) is 0 Å². The Morgan fingerprint density at radius 1 is 1.39 bits per heavy atom. The zero-order valence-corrected chi connectivity index (χ0v) is 11.5. The Bertz CT molecular complexity index is 294. The highest BCUT2D eigenvalue weighted by atomic mass is 16.5. The highest BCUT2D eigenvalue weighted by Crippen LogP contribution is 2.34. The number of ether oxygens (including phenoxy) is 1. The van der Waals surface area contributed by atoms with E-state index < -0.39 is 0 Å². The molecule has 0 saturated carbocycles. The number of rotatable bonds is 6. The fourth-order valence-electron chi connectivity index (χ4n) is 2.99. The summed E-state index contributed by atoms with van der Waals surface area (Å²) >= 11 is 0. The van der Waals surface area contributed by atoms with Gasteiger partial charge in [-0.05, 0) is 39.0 Å². The van der Waals surface area contributed by atoms with E-state index in [-0.39, 0.29) is 30.0 Å². The molecule has 0 aromatic carbocycles. The van der Waals surface area contributed by atoms with Crippen LogP contribution >= 0.6 is 0 Å². The summed E-state index contributed by atoms with van der Waals surface area (Å²) in [6.45, 7) is 4.02. The van der Waals surface area contributed by atoms with Crippen molar-refractivity contribution in [3.8, 4) is 0 Å². The first kappa shape index (κ1) is 13.8. The summed E-state index contributed by atoms with van der Waals surface area (Å²) in [5.74, 6) is 0.267. The molecule has 2 heterocycles. The molecule has 0 aromatic rings. The van der Waals surface area contributed by atoms with Gasteiger partial charge in [-0.3, -0.25) is 4.79 Å². The monoisotopic (exact) mass is 254 g/mol. The maximum absolute atomic E-state index is 12.1. The molecule has 5 unspecified atom stereocenters. The second kappa shape index (κ2) is 6.02. The first-order chi connectivity index (χ1) is 8.56. The van der Waals surface area contributed by atoms with Gasteiger partial charge in [0.2, 0.25) is 5.91 Å². The van der Waals surface area contributed by atoms with Crippen molar-refractivity contribution in [1.29, 1.82) is 0 Å². The second-order valence-electron chi connectivity index (χ2n) is 6.03.